The van der Waals surface area contributed by atoms with Crippen molar-refractivity contribution in [3.8, 4) is 5.75 Å². The average molecular weight is 288 g/mol. The molecule has 0 aliphatic heterocycles. The fraction of sp³-hybridized carbons (Fsp3) is 0.188. The van der Waals surface area contributed by atoms with Gasteiger partial charge in [-0.3, -0.25) is 4.79 Å². The van der Waals surface area contributed by atoms with Gasteiger partial charge in [0, 0.05) is 6.54 Å². The Morgan fingerprint density at radius 1 is 1.24 bits per heavy atom. The molecule has 0 heterocycles. The number of nitrogens with one attached hydrogen (secondary N) is 1. The van der Waals surface area contributed by atoms with Crippen molar-refractivity contribution in [2.75, 3.05) is 12.4 Å². The first-order valence-electron chi connectivity index (χ1n) is 6.53. The SMILES string of the molecule is COc1cccc(CC(=O)Nc2ccc(CN)cc2F)c1. The van der Waals surface area contributed by atoms with Crippen molar-refractivity contribution in [2.24, 2.45) is 5.73 Å². The first kappa shape index (κ1) is 15.0. The Labute approximate surface area is 122 Å². The Kier molecular flexibility index (Phi) is 4.90. The summed E-state index contributed by atoms with van der Waals surface area (Å²) in [7, 11) is 1.56. The van der Waals surface area contributed by atoms with E-state index < -0.39 is 5.82 Å². The summed E-state index contributed by atoms with van der Waals surface area (Å²) in [6.45, 7) is 0.259. The van der Waals surface area contributed by atoms with E-state index in [-0.39, 0.29) is 24.6 Å². The van der Waals surface area contributed by atoms with Gasteiger partial charge in [0.2, 0.25) is 5.91 Å². The molecular formula is C16H17FN2O2. The molecule has 2 aromatic rings. The number of hydrogen-bond acceptors (Lipinski definition) is 3. The van der Waals surface area contributed by atoms with Gasteiger partial charge in [-0.25, -0.2) is 4.39 Å². The first-order chi connectivity index (χ1) is 10.1. The lowest BCUT2D eigenvalue weighted by molar-refractivity contribution is -0.115. The Hall–Kier alpha value is -2.40. The summed E-state index contributed by atoms with van der Waals surface area (Å²) < 4.78 is 18.9. The summed E-state index contributed by atoms with van der Waals surface area (Å²) >= 11 is 0. The van der Waals surface area contributed by atoms with E-state index in [2.05, 4.69) is 5.32 Å². The number of ether oxygens (including phenoxy) is 1. The highest BCUT2D eigenvalue weighted by atomic mass is 19.1. The number of rotatable bonds is 5. The van der Waals surface area contributed by atoms with E-state index in [9.17, 15) is 9.18 Å². The second kappa shape index (κ2) is 6.85. The van der Waals surface area contributed by atoms with Gasteiger partial charge in [-0.2, -0.15) is 0 Å². The third kappa shape index (κ3) is 4.03. The molecule has 0 fully saturated rings. The molecule has 0 unspecified atom stereocenters. The van der Waals surface area contributed by atoms with Crippen molar-refractivity contribution in [3.05, 3.63) is 59.4 Å². The molecular weight excluding hydrogens is 271 g/mol. The first-order valence-corrected chi connectivity index (χ1v) is 6.53. The summed E-state index contributed by atoms with van der Waals surface area (Å²) in [4.78, 5) is 11.9. The highest BCUT2D eigenvalue weighted by Gasteiger charge is 2.09. The molecule has 21 heavy (non-hydrogen) atoms. The Bertz CT molecular complexity index is 644. The van der Waals surface area contributed by atoms with Crippen LogP contribution in [0.3, 0.4) is 0 Å². The minimum atomic E-state index is -0.489. The number of nitrogens with two attached hydrogens (primary N) is 1. The summed E-state index contributed by atoms with van der Waals surface area (Å²) in [6, 6.07) is 11.7. The molecule has 0 saturated heterocycles. The lowest BCUT2D eigenvalue weighted by Gasteiger charge is -2.08. The van der Waals surface area contributed by atoms with E-state index >= 15 is 0 Å². The zero-order chi connectivity index (χ0) is 15.2. The Morgan fingerprint density at radius 2 is 2.05 bits per heavy atom. The van der Waals surface area contributed by atoms with Gasteiger partial charge in [-0.05, 0) is 35.4 Å². The Morgan fingerprint density at radius 3 is 2.71 bits per heavy atom. The van der Waals surface area contributed by atoms with E-state index in [4.69, 9.17) is 10.5 Å². The number of amides is 1. The van der Waals surface area contributed by atoms with Crippen molar-refractivity contribution in [3.63, 3.8) is 0 Å². The summed E-state index contributed by atoms with van der Waals surface area (Å²) in [5.41, 5.74) is 7.06. The van der Waals surface area contributed by atoms with Gasteiger partial charge in [0.15, 0.2) is 0 Å². The van der Waals surface area contributed by atoms with Crippen LogP contribution in [0, 0.1) is 5.82 Å². The number of carbonyl (C=O) groups excluding carboxylic acids is 1. The summed E-state index contributed by atoms with van der Waals surface area (Å²) in [5, 5.41) is 2.55. The number of carbonyl (C=O) groups is 1. The molecule has 0 radical (unpaired) electrons. The topological polar surface area (TPSA) is 64.3 Å². The molecule has 2 aromatic carbocycles. The minimum Gasteiger partial charge on any atom is -0.497 e. The van der Waals surface area contributed by atoms with Gasteiger partial charge >= 0.3 is 0 Å². The third-order valence-corrected chi connectivity index (χ3v) is 3.04. The standard InChI is InChI=1S/C16H17FN2O2/c1-21-13-4-2-3-11(7-13)9-16(20)19-15-6-5-12(10-18)8-14(15)17/h2-8H,9-10,18H2,1H3,(H,19,20). The lowest BCUT2D eigenvalue weighted by Crippen LogP contribution is -2.15. The van der Waals surface area contributed by atoms with Crippen molar-refractivity contribution in [1.29, 1.82) is 0 Å². The van der Waals surface area contributed by atoms with E-state index in [0.29, 0.717) is 11.3 Å². The number of hydrogen-bond donors (Lipinski definition) is 2. The smallest absolute Gasteiger partial charge is 0.228 e. The maximum atomic E-state index is 13.8. The van der Waals surface area contributed by atoms with Crippen LogP contribution in [-0.2, 0) is 17.8 Å². The van der Waals surface area contributed by atoms with E-state index in [0.717, 1.165) is 5.56 Å². The van der Waals surface area contributed by atoms with Gasteiger partial charge in [0.1, 0.15) is 11.6 Å². The van der Waals surface area contributed by atoms with Crippen LogP contribution in [0.1, 0.15) is 11.1 Å². The molecule has 5 heteroatoms. The van der Waals surface area contributed by atoms with Gasteiger partial charge in [-0.1, -0.05) is 18.2 Å². The molecule has 0 aromatic heterocycles. The van der Waals surface area contributed by atoms with Gasteiger partial charge < -0.3 is 15.8 Å². The molecule has 0 atom stereocenters. The molecule has 2 rings (SSSR count). The van der Waals surface area contributed by atoms with Gasteiger partial charge in [0.05, 0.1) is 19.2 Å². The number of methoxy groups -OCH3 is 1. The molecule has 1 amide bonds. The zero-order valence-electron chi connectivity index (χ0n) is 11.7. The number of halogens is 1. The normalized spacial score (nSPS) is 10.2. The van der Waals surface area contributed by atoms with Crippen LogP contribution >= 0.6 is 0 Å². The Balaban J connectivity index is 2.04. The summed E-state index contributed by atoms with van der Waals surface area (Å²) in [6.07, 6.45) is 0.148. The van der Waals surface area contributed by atoms with Crippen molar-refractivity contribution in [2.45, 2.75) is 13.0 Å². The second-order valence-electron chi connectivity index (χ2n) is 4.59. The van der Waals surface area contributed by atoms with E-state index in [1.165, 1.54) is 12.1 Å². The lowest BCUT2D eigenvalue weighted by atomic mass is 10.1. The van der Waals surface area contributed by atoms with Crippen LogP contribution in [0.4, 0.5) is 10.1 Å². The van der Waals surface area contributed by atoms with Crippen molar-refractivity contribution < 1.29 is 13.9 Å². The van der Waals surface area contributed by atoms with Crippen LogP contribution in [0.2, 0.25) is 0 Å². The van der Waals surface area contributed by atoms with E-state index in [1.54, 1.807) is 31.4 Å². The highest BCUT2D eigenvalue weighted by Crippen LogP contribution is 2.17. The van der Waals surface area contributed by atoms with Crippen LogP contribution in [-0.4, -0.2) is 13.0 Å². The molecule has 0 aliphatic carbocycles. The fourth-order valence-corrected chi connectivity index (χ4v) is 1.95. The monoisotopic (exact) mass is 288 g/mol. The largest absolute Gasteiger partial charge is 0.497 e. The maximum absolute atomic E-state index is 13.8. The van der Waals surface area contributed by atoms with Crippen LogP contribution in [0.15, 0.2) is 42.5 Å². The molecule has 0 bridgehead atoms. The van der Waals surface area contributed by atoms with Crippen LogP contribution < -0.4 is 15.8 Å². The van der Waals surface area contributed by atoms with Gasteiger partial charge in [0.25, 0.3) is 0 Å². The zero-order valence-corrected chi connectivity index (χ0v) is 11.7. The molecule has 0 aliphatic rings. The van der Waals surface area contributed by atoms with Gasteiger partial charge in [-0.15, -0.1) is 0 Å². The molecule has 3 N–H and O–H groups in total. The number of anilines is 1. The molecule has 4 nitrogen and oxygen atoms in total. The average Bonchev–Trinajstić information content (AvgIpc) is 2.49. The van der Waals surface area contributed by atoms with Crippen LogP contribution in [0.5, 0.6) is 5.75 Å². The van der Waals surface area contributed by atoms with Crippen molar-refractivity contribution in [1.82, 2.24) is 0 Å². The maximum Gasteiger partial charge on any atom is 0.228 e. The van der Waals surface area contributed by atoms with E-state index in [1.807, 2.05) is 6.07 Å². The predicted molar refractivity (Wildman–Crippen MR) is 79.6 cm³/mol. The fourth-order valence-electron chi connectivity index (χ4n) is 1.95. The minimum absolute atomic E-state index is 0.148. The van der Waals surface area contributed by atoms with Crippen molar-refractivity contribution >= 4 is 11.6 Å². The molecule has 110 valence electrons. The highest BCUT2D eigenvalue weighted by molar-refractivity contribution is 5.92. The predicted octanol–water partition coefficient (Wildman–Crippen LogP) is 2.47. The second-order valence-corrected chi connectivity index (χ2v) is 4.59. The quantitative estimate of drug-likeness (QED) is 0.888. The molecule has 0 spiro atoms. The summed E-state index contributed by atoms with van der Waals surface area (Å²) in [5.74, 6) is -0.0987. The third-order valence-electron chi connectivity index (χ3n) is 3.04. The number of benzene rings is 2. The molecule has 0 saturated carbocycles. The van der Waals surface area contributed by atoms with Crippen LogP contribution in [0.25, 0.3) is 0 Å².